The number of carbonyl (C=O) groups is 2. The minimum atomic E-state index is -0.513. The Hall–Kier alpha value is -2.66. The molecule has 0 bridgehead atoms. The molecule has 30 heavy (non-hydrogen) atoms. The molecule has 1 saturated heterocycles. The number of rotatable bonds is 2. The normalized spacial score (nSPS) is 23.3. The van der Waals surface area contributed by atoms with Crippen LogP contribution in [0.25, 0.3) is 0 Å². The van der Waals surface area contributed by atoms with Crippen LogP contribution >= 0.6 is 0 Å². The van der Waals surface area contributed by atoms with Crippen LogP contribution in [0.3, 0.4) is 0 Å². The van der Waals surface area contributed by atoms with Crippen LogP contribution in [0.4, 0.5) is 5.69 Å². The molecule has 1 spiro atoms. The highest BCUT2D eigenvalue weighted by molar-refractivity contribution is 6.12. The van der Waals surface area contributed by atoms with Gasteiger partial charge < -0.3 is 14.5 Å². The van der Waals surface area contributed by atoms with Gasteiger partial charge in [-0.25, -0.2) is 0 Å². The van der Waals surface area contributed by atoms with Gasteiger partial charge in [-0.1, -0.05) is 55.7 Å². The Morgan fingerprint density at radius 3 is 2.30 bits per heavy atom. The summed E-state index contributed by atoms with van der Waals surface area (Å²) in [4.78, 5) is 31.7. The smallest absolute Gasteiger partial charge is 0.259 e. The van der Waals surface area contributed by atoms with Gasteiger partial charge in [0, 0.05) is 24.3 Å². The highest BCUT2D eigenvalue weighted by atomic mass is 16.5. The Balaban J connectivity index is 1.70. The largest absolute Gasteiger partial charge is 0.378 e. The van der Waals surface area contributed by atoms with Crippen molar-refractivity contribution in [2.24, 2.45) is 0 Å². The minimum Gasteiger partial charge on any atom is -0.378 e. The monoisotopic (exact) mass is 404 g/mol. The second-order valence-electron chi connectivity index (χ2n) is 8.60. The van der Waals surface area contributed by atoms with Crippen LogP contribution in [0.5, 0.6) is 0 Å². The van der Waals surface area contributed by atoms with E-state index in [0.717, 1.165) is 43.4 Å². The standard InChI is InChI=1S/C25H28N2O3/c28-23-21-12-6-5-11-20(21)22(24(29)26-15-17-30-18-16-26)25(13-7-2-8-14-25)27(23)19-9-3-1-4-10-19/h1,3-6,9-12,22H,2,7-8,13-18H2/t22-/m0/s1. The summed E-state index contributed by atoms with van der Waals surface area (Å²) in [5.41, 5.74) is 1.93. The van der Waals surface area contributed by atoms with Crippen LogP contribution in [0, 0.1) is 0 Å². The number of morpholine rings is 1. The molecule has 0 N–H and O–H groups in total. The predicted octanol–water partition coefficient (Wildman–Crippen LogP) is 3.99. The summed E-state index contributed by atoms with van der Waals surface area (Å²) < 4.78 is 5.49. The molecule has 0 unspecified atom stereocenters. The summed E-state index contributed by atoms with van der Waals surface area (Å²) >= 11 is 0. The summed E-state index contributed by atoms with van der Waals surface area (Å²) in [7, 11) is 0. The lowest BCUT2D eigenvalue weighted by atomic mass is 9.65. The third-order valence-corrected chi connectivity index (χ3v) is 6.99. The van der Waals surface area contributed by atoms with E-state index in [1.54, 1.807) is 0 Å². The van der Waals surface area contributed by atoms with Crippen LogP contribution in [-0.2, 0) is 9.53 Å². The fourth-order valence-corrected chi connectivity index (χ4v) is 5.64. The number of para-hydroxylation sites is 1. The van der Waals surface area contributed by atoms with Gasteiger partial charge in [-0.2, -0.15) is 0 Å². The summed E-state index contributed by atoms with van der Waals surface area (Å²) in [6.45, 7) is 2.39. The Morgan fingerprint density at radius 2 is 1.57 bits per heavy atom. The third kappa shape index (κ3) is 3.03. The number of hydrogen-bond donors (Lipinski definition) is 0. The summed E-state index contributed by atoms with van der Waals surface area (Å²) in [5, 5.41) is 0. The zero-order valence-corrected chi connectivity index (χ0v) is 17.3. The second kappa shape index (κ2) is 7.88. The molecule has 5 heteroatoms. The molecule has 0 radical (unpaired) electrons. The average Bonchev–Trinajstić information content (AvgIpc) is 2.81. The van der Waals surface area contributed by atoms with Gasteiger partial charge in [-0.05, 0) is 36.6 Å². The number of hydrogen-bond acceptors (Lipinski definition) is 3. The number of amides is 2. The quantitative estimate of drug-likeness (QED) is 0.760. The summed E-state index contributed by atoms with van der Waals surface area (Å²) in [6.07, 6.45) is 4.92. The first-order chi connectivity index (χ1) is 14.7. The van der Waals surface area contributed by atoms with E-state index in [4.69, 9.17) is 4.74 Å². The van der Waals surface area contributed by atoms with Gasteiger partial charge in [0.1, 0.15) is 0 Å². The molecule has 1 aliphatic carbocycles. The molecule has 1 atom stereocenters. The number of anilines is 1. The van der Waals surface area contributed by atoms with Crippen LogP contribution in [0.15, 0.2) is 54.6 Å². The van der Waals surface area contributed by atoms with E-state index in [2.05, 4.69) is 0 Å². The molecular weight excluding hydrogens is 376 g/mol. The van der Waals surface area contributed by atoms with Gasteiger partial charge in [0.2, 0.25) is 5.91 Å². The molecule has 3 aliphatic rings. The molecule has 2 aromatic rings. The van der Waals surface area contributed by atoms with Crippen molar-refractivity contribution in [3.05, 3.63) is 65.7 Å². The van der Waals surface area contributed by atoms with Crippen molar-refractivity contribution in [2.75, 3.05) is 31.2 Å². The van der Waals surface area contributed by atoms with Crippen LogP contribution in [0.2, 0.25) is 0 Å². The van der Waals surface area contributed by atoms with Crippen LogP contribution in [0.1, 0.15) is 53.9 Å². The van der Waals surface area contributed by atoms with E-state index in [1.165, 1.54) is 0 Å². The number of benzene rings is 2. The SMILES string of the molecule is O=C([C@@H]1c2ccccc2C(=O)N(c2ccccc2)C12CCCCC2)N1CCOCC1. The Labute approximate surface area is 177 Å². The molecule has 2 aliphatic heterocycles. The molecular formula is C25H28N2O3. The lowest BCUT2D eigenvalue weighted by Gasteiger charge is -2.54. The topological polar surface area (TPSA) is 49.9 Å². The molecule has 0 aromatic heterocycles. The Kier molecular flexibility index (Phi) is 5.07. The lowest BCUT2D eigenvalue weighted by Crippen LogP contribution is -2.63. The Bertz CT molecular complexity index is 930. The average molecular weight is 405 g/mol. The van der Waals surface area contributed by atoms with Crippen molar-refractivity contribution < 1.29 is 14.3 Å². The summed E-state index contributed by atoms with van der Waals surface area (Å²) in [6, 6.07) is 17.6. The molecule has 2 heterocycles. The third-order valence-electron chi connectivity index (χ3n) is 6.99. The fraction of sp³-hybridized carbons (Fsp3) is 0.440. The molecule has 2 amide bonds. The predicted molar refractivity (Wildman–Crippen MR) is 116 cm³/mol. The number of ether oxygens (including phenoxy) is 1. The number of fused-ring (bicyclic) bond motifs is 1. The maximum atomic E-state index is 14.0. The van der Waals surface area contributed by atoms with E-state index in [-0.39, 0.29) is 17.7 Å². The zero-order valence-electron chi connectivity index (χ0n) is 17.3. The van der Waals surface area contributed by atoms with Crippen molar-refractivity contribution >= 4 is 17.5 Å². The molecule has 156 valence electrons. The van der Waals surface area contributed by atoms with Crippen LogP contribution < -0.4 is 4.90 Å². The van der Waals surface area contributed by atoms with Gasteiger partial charge >= 0.3 is 0 Å². The fourth-order valence-electron chi connectivity index (χ4n) is 5.64. The van der Waals surface area contributed by atoms with Crippen molar-refractivity contribution in [3.63, 3.8) is 0 Å². The van der Waals surface area contributed by atoms with Gasteiger partial charge in [-0.15, -0.1) is 0 Å². The highest BCUT2D eigenvalue weighted by Crippen LogP contribution is 2.51. The first-order valence-electron chi connectivity index (χ1n) is 11.1. The van der Waals surface area contributed by atoms with Gasteiger partial charge in [0.25, 0.3) is 5.91 Å². The molecule has 5 nitrogen and oxygen atoms in total. The zero-order chi connectivity index (χ0) is 20.6. The number of nitrogens with zero attached hydrogens (tertiary/aromatic N) is 2. The Morgan fingerprint density at radius 1 is 0.900 bits per heavy atom. The van der Waals surface area contributed by atoms with Crippen molar-refractivity contribution in [2.45, 2.75) is 43.6 Å². The van der Waals surface area contributed by atoms with Crippen molar-refractivity contribution in [3.8, 4) is 0 Å². The first-order valence-corrected chi connectivity index (χ1v) is 11.1. The van der Waals surface area contributed by atoms with Crippen molar-refractivity contribution in [1.29, 1.82) is 0 Å². The minimum absolute atomic E-state index is 0.0183. The highest BCUT2D eigenvalue weighted by Gasteiger charge is 2.56. The summed E-state index contributed by atoms with van der Waals surface area (Å²) in [5.74, 6) is -0.184. The van der Waals surface area contributed by atoms with Crippen molar-refractivity contribution in [1.82, 2.24) is 4.90 Å². The van der Waals surface area contributed by atoms with Crippen LogP contribution in [-0.4, -0.2) is 48.6 Å². The first kappa shape index (κ1) is 19.3. The lowest BCUT2D eigenvalue weighted by molar-refractivity contribution is -0.139. The molecule has 2 fully saturated rings. The second-order valence-corrected chi connectivity index (χ2v) is 8.60. The van der Waals surface area contributed by atoms with Gasteiger partial charge in [0.15, 0.2) is 0 Å². The van der Waals surface area contributed by atoms with E-state index in [0.29, 0.717) is 31.9 Å². The molecule has 1 saturated carbocycles. The van der Waals surface area contributed by atoms with Gasteiger partial charge in [-0.3, -0.25) is 9.59 Å². The maximum Gasteiger partial charge on any atom is 0.259 e. The maximum absolute atomic E-state index is 14.0. The van der Waals surface area contributed by atoms with E-state index < -0.39 is 5.54 Å². The number of carbonyl (C=O) groups excluding carboxylic acids is 2. The van der Waals surface area contributed by atoms with E-state index >= 15 is 0 Å². The van der Waals surface area contributed by atoms with E-state index in [9.17, 15) is 9.59 Å². The molecule has 2 aromatic carbocycles. The van der Waals surface area contributed by atoms with Gasteiger partial charge in [0.05, 0.1) is 24.7 Å². The van der Waals surface area contributed by atoms with E-state index in [1.807, 2.05) is 64.4 Å². The molecule has 5 rings (SSSR count).